The Morgan fingerprint density at radius 2 is 1.88 bits per heavy atom. The molecule has 1 spiro atoms. The Morgan fingerprint density at radius 3 is 2.60 bits per heavy atom. The number of piperidine rings is 1. The molecule has 0 unspecified atom stereocenters. The second kappa shape index (κ2) is 6.34. The number of carbonyl (C=O) groups is 1. The lowest BCUT2D eigenvalue weighted by molar-refractivity contribution is -0.0107. The predicted octanol–water partition coefficient (Wildman–Crippen LogP) is 3.56. The Kier molecular flexibility index (Phi) is 4.03. The van der Waals surface area contributed by atoms with Gasteiger partial charge in [0.15, 0.2) is 5.78 Å². The lowest BCUT2D eigenvalue weighted by Gasteiger charge is -2.44. The number of hydrogen-bond donors (Lipinski definition) is 0. The summed E-state index contributed by atoms with van der Waals surface area (Å²) in [4.78, 5) is 15.0. The maximum atomic E-state index is 12.6. The Balaban J connectivity index is 1.46. The van der Waals surface area contributed by atoms with Crippen molar-refractivity contribution in [3.63, 3.8) is 0 Å². The summed E-state index contributed by atoms with van der Waals surface area (Å²) in [6.07, 6.45) is 2.12. The van der Waals surface area contributed by atoms with E-state index in [9.17, 15) is 4.79 Å². The molecule has 2 aliphatic heterocycles. The zero-order chi connectivity index (χ0) is 17.3. The van der Waals surface area contributed by atoms with E-state index in [0.717, 1.165) is 32.5 Å². The van der Waals surface area contributed by atoms with Gasteiger partial charge in [0.2, 0.25) is 0 Å². The third kappa shape index (κ3) is 3.16. The predicted molar refractivity (Wildman–Crippen MR) is 94.4 cm³/mol. The van der Waals surface area contributed by atoms with Gasteiger partial charge in [-0.15, -0.1) is 0 Å². The molecule has 0 bridgehead atoms. The van der Waals surface area contributed by atoms with Gasteiger partial charge < -0.3 is 4.74 Å². The Labute approximate surface area is 147 Å². The Bertz CT molecular complexity index is 831. The van der Waals surface area contributed by atoms with Gasteiger partial charge in [-0.2, -0.15) is 5.26 Å². The van der Waals surface area contributed by atoms with Crippen molar-refractivity contribution in [1.82, 2.24) is 4.90 Å². The van der Waals surface area contributed by atoms with Crippen molar-refractivity contribution in [2.75, 3.05) is 13.1 Å². The van der Waals surface area contributed by atoms with Crippen molar-refractivity contribution in [2.24, 2.45) is 0 Å². The fourth-order valence-corrected chi connectivity index (χ4v) is 3.80. The smallest absolute Gasteiger partial charge is 0.170 e. The number of ketones is 1. The lowest BCUT2D eigenvalue weighted by atomic mass is 9.82. The second-order valence-corrected chi connectivity index (χ2v) is 6.97. The van der Waals surface area contributed by atoms with Crippen molar-refractivity contribution >= 4 is 5.78 Å². The average Bonchev–Trinajstić information content (AvgIpc) is 2.64. The molecule has 2 aromatic rings. The average molecular weight is 332 g/mol. The molecule has 0 aromatic heterocycles. The summed E-state index contributed by atoms with van der Waals surface area (Å²) in [5, 5.41) is 9.01. The molecule has 0 radical (unpaired) electrons. The fourth-order valence-electron chi connectivity index (χ4n) is 3.80. The van der Waals surface area contributed by atoms with E-state index in [2.05, 4.69) is 35.2 Å². The Morgan fingerprint density at radius 1 is 1.12 bits per heavy atom. The first-order valence-corrected chi connectivity index (χ1v) is 8.70. The maximum absolute atomic E-state index is 12.6. The topological polar surface area (TPSA) is 53.3 Å². The first-order chi connectivity index (χ1) is 12.2. The number of carbonyl (C=O) groups excluding carboxylic acids is 1. The zero-order valence-electron chi connectivity index (χ0n) is 14.1. The molecule has 1 saturated heterocycles. The van der Waals surface area contributed by atoms with Crippen LogP contribution < -0.4 is 4.74 Å². The molecule has 4 nitrogen and oxygen atoms in total. The summed E-state index contributed by atoms with van der Waals surface area (Å²) < 4.78 is 6.27. The number of likely N-dealkylation sites (tertiary alicyclic amines) is 1. The van der Waals surface area contributed by atoms with Gasteiger partial charge in [-0.05, 0) is 23.8 Å². The third-order valence-corrected chi connectivity index (χ3v) is 5.23. The minimum Gasteiger partial charge on any atom is -0.486 e. The summed E-state index contributed by atoms with van der Waals surface area (Å²) >= 11 is 0. The van der Waals surface area contributed by atoms with E-state index in [1.54, 1.807) is 18.2 Å². The summed E-state index contributed by atoms with van der Waals surface area (Å²) in [7, 11) is 0. The second-order valence-electron chi connectivity index (χ2n) is 6.97. The van der Waals surface area contributed by atoms with Gasteiger partial charge in [-0.3, -0.25) is 9.69 Å². The standard InChI is InChI=1S/C21H20N2O2/c22-14-17-6-7-20-18(12-17)19(24)13-21(25-20)8-10-23(11-9-21)15-16-4-2-1-3-5-16/h1-7,12H,8-11,13,15H2. The number of nitrogens with zero attached hydrogens (tertiary/aromatic N) is 2. The van der Waals surface area contributed by atoms with Crippen LogP contribution in [0.4, 0.5) is 0 Å². The highest BCUT2D eigenvalue weighted by molar-refractivity contribution is 6.00. The molecule has 0 saturated carbocycles. The van der Waals surface area contributed by atoms with Crippen LogP contribution in [0.1, 0.15) is 40.7 Å². The molecular weight excluding hydrogens is 312 g/mol. The summed E-state index contributed by atoms with van der Waals surface area (Å²) in [6.45, 7) is 2.79. The highest BCUT2D eigenvalue weighted by atomic mass is 16.5. The van der Waals surface area contributed by atoms with E-state index in [4.69, 9.17) is 10.00 Å². The van der Waals surface area contributed by atoms with Gasteiger partial charge in [0, 0.05) is 32.5 Å². The molecule has 2 heterocycles. The summed E-state index contributed by atoms with van der Waals surface area (Å²) in [5.74, 6) is 0.724. The van der Waals surface area contributed by atoms with Gasteiger partial charge >= 0.3 is 0 Å². The molecule has 2 aliphatic rings. The molecule has 0 N–H and O–H groups in total. The monoisotopic (exact) mass is 332 g/mol. The molecule has 0 amide bonds. The zero-order valence-corrected chi connectivity index (χ0v) is 14.1. The lowest BCUT2D eigenvalue weighted by Crippen LogP contribution is -2.50. The van der Waals surface area contributed by atoms with E-state index in [-0.39, 0.29) is 11.4 Å². The SMILES string of the molecule is N#Cc1ccc2c(c1)C(=O)CC1(CCN(Cc3ccccc3)CC1)O2. The molecule has 4 heteroatoms. The van der Waals surface area contributed by atoms with Crippen LogP contribution in [0.15, 0.2) is 48.5 Å². The van der Waals surface area contributed by atoms with E-state index < -0.39 is 0 Å². The van der Waals surface area contributed by atoms with Crippen molar-refractivity contribution in [3.8, 4) is 11.8 Å². The highest BCUT2D eigenvalue weighted by Crippen LogP contribution is 2.39. The van der Waals surface area contributed by atoms with Gasteiger partial charge in [-0.25, -0.2) is 0 Å². The largest absolute Gasteiger partial charge is 0.486 e. The molecule has 0 atom stereocenters. The van der Waals surface area contributed by atoms with Crippen LogP contribution in [0, 0.1) is 11.3 Å². The van der Waals surface area contributed by atoms with Crippen LogP contribution in [-0.4, -0.2) is 29.4 Å². The molecule has 0 aliphatic carbocycles. The van der Waals surface area contributed by atoms with Gasteiger partial charge in [-0.1, -0.05) is 30.3 Å². The molecular formula is C21H20N2O2. The van der Waals surface area contributed by atoms with E-state index in [0.29, 0.717) is 23.3 Å². The summed E-state index contributed by atoms with van der Waals surface area (Å²) in [5.41, 5.74) is 1.99. The summed E-state index contributed by atoms with van der Waals surface area (Å²) in [6, 6.07) is 17.7. The number of Topliss-reactive ketones (excluding diaryl/α,β-unsaturated/α-hetero) is 1. The molecule has 2 aromatic carbocycles. The number of rotatable bonds is 2. The van der Waals surface area contributed by atoms with Crippen molar-refractivity contribution < 1.29 is 9.53 Å². The van der Waals surface area contributed by atoms with Crippen LogP contribution in [-0.2, 0) is 6.54 Å². The quantitative estimate of drug-likeness (QED) is 0.844. The molecule has 126 valence electrons. The highest BCUT2D eigenvalue weighted by Gasteiger charge is 2.42. The van der Waals surface area contributed by atoms with Crippen LogP contribution in [0.2, 0.25) is 0 Å². The van der Waals surface area contributed by atoms with Crippen molar-refractivity contribution in [1.29, 1.82) is 5.26 Å². The van der Waals surface area contributed by atoms with E-state index >= 15 is 0 Å². The minimum atomic E-state index is -0.384. The molecule has 25 heavy (non-hydrogen) atoms. The number of fused-ring (bicyclic) bond motifs is 1. The third-order valence-electron chi connectivity index (χ3n) is 5.23. The normalized spacial score (nSPS) is 19.1. The fraction of sp³-hybridized carbons (Fsp3) is 0.333. The van der Waals surface area contributed by atoms with Gasteiger partial charge in [0.25, 0.3) is 0 Å². The van der Waals surface area contributed by atoms with Gasteiger partial charge in [0.1, 0.15) is 11.4 Å². The van der Waals surface area contributed by atoms with Crippen LogP contribution in [0.3, 0.4) is 0 Å². The van der Waals surface area contributed by atoms with E-state index in [1.165, 1.54) is 5.56 Å². The number of nitriles is 1. The van der Waals surface area contributed by atoms with Crippen LogP contribution in [0.5, 0.6) is 5.75 Å². The number of ether oxygens (including phenoxy) is 1. The van der Waals surface area contributed by atoms with Gasteiger partial charge in [0.05, 0.1) is 23.6 Å². The minimum absolute atomic E-state index is 0.0925. The van der Waals surface area contributed by atoms with Crippen molar-refractivity contribution in [2.45, 2.75) is 31.4 Å². The number of hydrogen-bond acceptors (Lipinski definition) is 4. The first kappa shape index (κ1) is 15.9. The Hall–Kier alpha value is -2.64. The van der Waals surface area contributed by atoms with Crippen LogP contribution in [0.25, 0.3) is 0 Å². The van der Waals surface area contributed by atoms with E-state index in [1.807, 2.05) is 6.07 Å². The molecule has 1 fully saturated rings. The first-order valence-electron chi connectivity index (χ1n) is 8.70. The molecule has 4 rings (SSSR count). The number of benzene rings is 2. The van der Waals surface area contributed by atoms with Crippen LogP contribution >= 0.6 is 0 Å². The maximum Gasteiger partial charge on any atom is 0.170 e. The van der Waals surface area contributed by atoms with Crippen molar-refractivity contribution in [3.05, 3.63) is 65.2 Å².